The zero-order valence-electron chi connectivity index (χ0n) is 15.3. The largest absolute Gasteiger partial charge is 0.325 e. The lowest BCUT2D eigenvalue weighted by molar-refractivity contribution is -0.115. The van der Waals surface area contributed by atoms with E-state index < -0.39 is 15.9 Å². The molecule has 26 heavy (non-hydrogen) atoms. The van der Waals surface area contributed by atoms with Crippen molar-refractivity contribution in [3.05, 3.63) is 58.6 Å². The first-order valence-corrected chi connectivity index (χ1v) is 10.0. The van der Waals surface area contributed by atoms with Gasteiger partial charge >= 0.3 is 0 Å². The zero-order valence-corrected chi connectivity index (χ0v) is 16.8. The van der Waals surface area contributed by atoms with Gasteiger partial charge in [0.1, 0.15) is 0 Å². The standard InChI is InChI=1S/C19H23ClN2O3S/c1-13-11-15(20)7-10-17(13)22-18(23)12-21-26(24,25)16-8-5-14(6-9-16)19(2,3)4/h5-11,21H,12H2,1-4H3,(H,22,23). The normalized spacial score (nSPS) is 12.0. The van der Waals surface area contributed by atoms with Gasteiger partial charge in [-0.3, -0.25) is 4.79 Å². The minimum atomic E-state index is -3.76. The van der Waals surface area contributed by atoms with E-state index in [-0.39, 0.29) is 16.9 Å². The van der Waals surface area contributed by atoms with Crippen LogP contribution in [0.2, 0.25) is 5.02 Å². The average molecular weight is 395 g/mol. The Morgan fingerprint density at radius 2 is 1.69 bits per heavy atom. The Labute approximate surface area is 159 Å². The Balaban J connectivity index is 2.02. The summed E-state index contributed by atoms with van der Waals surface area (Å²) in [5.74, 6) is -0.453. The van der Waals surface area contributed by atoms with Crippen molar-refractivity contribution in [1.29, 1.82) is 0 Å². The molecular weight excluding hydrogens is 372 g/mol. The quantitative estimate of drug-likeness (QED) is 0.808. The number of hydrogen-bond acceptors (Lipinski definition) is 3. The molecule has 2 rings (SSSR count). The van der Waals surface area contributed by atoms with Crippen LogP contribution in [-0.2, 0) is 20.2 Å². The molecule has 0 bridgehead atoms. The third-order valence-corrected chi connectivity index (χ3v) is 5.57. The maximum Gasteiger partial charge on any atom is 0.241 e. The fourth-order valence-corrected chi connectivity index (χ4v) is 3.55. The van der Waals surface area contributed by atoms with E-state index in [0.29, 0.717) is 10.7 Å². The van der Waals surface area contributed by atoms with Crippen molar-refractivity contribution in [3.63, 3.8) is 0 Å². The lowest BCUT2D eigenvalue weighted by Crippen LogP contribution is -2.33. The van der Waals surface area contributed by atoms with Crippen LogP contribution in [-0.4, -0.2) is 20.9 Å². The Kier molecular flexibility index (Phi) is 6.11. The first-order chi connectivity index (χ1) is 12.0. The smallest absolute Gasteiger partial charge is 0.241 e. The topological polar surface area (TPSA) is 75.3 Å². The van der Waals surface area contributed by atoms with Crippen LogP contribution in [0.4, 0.5) is 5.69 Å². The van der Waals surface area contributed by atoms with E-state index in [1.807, 2.05) is 6.92 Å². The molecule has 0 atom stereocenters. The summed E-state index contributed by atoms with van der Waals surface area (Å²) < 4.78 is 27.0. The van der Waals surface area contributed by atoms with Crippen molar-refractivity contribution in [2.75, 3.05) is 11.9 Å². The number of rotatable bonds is 5. The van der Waals surface area contributed by atoms with E-state index in [4.69, 9.17) is 11.6 Å². The van der Waals surface area contributed by atoms with Gasteiger partial charge in [0, 0.05) is 10.7 Å². The number of halogens is 1. The van der Waals surface area contributed by atoms with E-state index in [2.05, 4.69) is 30.8 Å². The predicted molar refractivity (Wildman–Crippen MR) is 105 cm³/mol. The minimum Gasteiger partial charge on any atom is -0.325 e. The maximum atomic E-state index is 12.4. The maximum absolute atomic E-state index is 12.4. The van der Waals surface area contributed by atoms with Crippen molar-refractivity contribution < 1.29 is 13.2 Å². The third-order valence-electron chi connectivity index (χ3n) is 3.92. The van der Waals surface area contributed by atoms with Gasteiger partial charge < -0.3 is 5.32 Å². The monoisotopic (exact) mass is 394 g/mol. The molecule has 0 aliphatic rings. The van der Waals surface area contributed by atoms with Gasteiger partial charge in [0.2, 0.25) is 15.9 Å². The fourth-order valence-electron chi connectivity index (χ4n) is 2.34. The van der Waals surface area contributed by atoms with Gasteiger partial charge in [0.05, 0.1) is 11.4 Å². The van der Waals surface area contributed by atoms with Gasteiger partial charge in [-0.05, 0) is 53.8 Å². The van der Waals surface area contributed by atoms with Gasteiger partial charge in [-0.25, -0.2) is 13.1 Å². The molecular formula is C19H23ClN2O3S. The summed E-state index contributed by atoms with van der Waals surface area (Å²) in [6, 6.07) is 11.7. The number of benzene rings is 2. The second-order valence-corrected chi connectivity index (χ2v) is 9.31. The van der Waals surface area contributed by atoms with Crippen LogP contribution in [0.5, 0.6) is 0 Å². The molecule has 1 amide bonds. The van der Waals surface area contributed by atoms with Crippen molar-refractivity contribution in [1.82, 2.24) is 4.72 Å². The highest BCUT2D eigenvalue weighted by atomic mass is 35.5. The van der Waals surface area contributed by atoms with E-state index >= 15 is 0 Å². The second kappa shape index (κ2) is 7.78. The number of nitrogens with one attached hydrogen (secondary N) is 2. The number of amides is 1. The van der Waals surface area contributed by atoms with Crippen LogP contribution in [0, 0.1) is 6.92 Å². The van der Waals surface area contributed by atoms with E-state index in [1.54, 1.807) is 42.5 Å². The lowest BCUT2D eigenvalue weighted by Gasteiger charge is -2.19. The number of carbonyl (C=O) groups is 1. The predicted octanol–water partition coefficient (Wildman–Crippen LogP) is 3.86. The molecule has 5 nitrogen and oxygen atoms in total. The highest BCUT2D eigenvalue weighted by Gasteiger charge is 2.18. The van der Waals surface area contributed by atoms with Crippen molar-refractivity contribution in [2.45, 2.75) is 38.0 Å². The molecule has 2 aromatic rings. The van der Waals surface area contributed by atoms with Gasteiger partial charge in [-0.2, -0.15) is 0 Å². The number of carbonyl (C=O) groups excluding carboxylic acids is 1. The summed E-state index contributed by atoms with van der Waals surface area (Å²) in [5, 5.41) is 3.24. The van der Waals surface area contributed by atoms with E-state index in [1.165, 1.54) is 0 Å². The SMILES string of the molecule is Cc1cc(Cl)ccc1NC(=O)CNS(=O)(=O)c1ccc(C(C)(C)C)cc1. The molecule has 0 spiro atoms. The summed E-state index contributed by atoms with van der Waals surface area (Å²) in [5.41, 5.74) is 2.36. The highest BCUT2D eigenvalue weighted by molar-refractivity contribution is 7.89. The molecule has 0 fully saturated rings. The third kappa shape index (κ3) is 5.30. The molecule has 0 aliphatic heterocycles. The average Bonchev–Trinajstić information content (AvgIpc) is 2.55. The number of aryl methyl sites for hydroxylation is 1. The molecule has 0 radical (unpaired) electrons. The van der Waals surface area contributed by atoms with Crippen molar-refractivity contribution in [3.8, 4) is 0 Å². The van der Waals surface area contributed by atoms with Crippen LogP contribution in [0.25, 0.3) is 0 Å². The molecule has 0 aliphatic carbocycles. The van der Waals surface area contributed by atoms with Crippen LogP contribution >= 0.6 is 11.6 Å². The van der Waals surface area contributed by atoms with Crippen LogP contribution in [0.15, 0.2) is 47.4 Å². The fraction of sp³-hybridized carbons (Fsp3) is 0.316. The Morgan fingerprint density at radius 1 is 1.08 bits per heavy atom. The summed E-state index contributed by atoms with van der Waals surface area (Å²) in [4.78, 5) is 12.2. The molecule has 0 aromatic heterocycles. The molecule has 0 saturated carbocycles. The minimum absolute atomic E-state index is 0.0634. The van der Waals surface area contributed by atoms with E-state index in [9.17, 15) is 13.2 Å². The van der Waals surface area contributed by atoms with Crippen LogP contribution < -0.4 is 10.0 Å². The van der Waals surface area contributed by atoms with Gasteiger partial charge in [0.15, 0.2) is 0 Å². The van der Waals surface area contributed by atoms with Gasteiger partial charge in [0.25, 0.3) is 0 Å². The summed E-state index contributed by atoms with van der Waals surface area (Å²) in [7, 11) is -3.76. The highest BCUT2D eigenvalue weighted by Crippen LogP contribution is 2.23. The first kappa shape index (κ1) is 20.4. The summed E-state index contributed by atoms with van der Waals surface area (Å²) >= 11 is 5.88. The molecule has 2 aromatic carbocycles. The Morgan fingerprint density at radius 3 is 2.23 bits per heavy atom. The van der Waals surface area contributed by atoms with Gasteiger partial charge in [-0.15, -0.1) is 0 Å². The molecule has 0 saturated heterocycles. The molecule has 140 valence electrons. The molecule has 0 unspecified atom stereocenters. The van der Waals surface area contributed by atoms with Crippen molar-refractivity contribution in [2.24, 2.45) is 0 Å². The number of sulfonamides is 1. The number of hydrogen-bond donors (Lipinski definition) is 2. The second-order valence-electron chi connectivity index (χ2n) is 7.11. The zero-order chi connectivity index (χ0) is 19.5. The van der Waals surface area contributed by atoms with Crippen molar-refractivity contribution >= 4 is 33.2 Å². The summed E-state index contributed by atoms with van der Waals surface area (Å²) in [6.07, 6.45) is 0. The summed E-state index contributed by atoms with van der Waals surface area (Å²) in [6.45, 7) is 7.61. The molecule has 0 heterocycles. The lowest BCUT2D eigenvalue weighted by atomic mass is 9.87. The Bertz CT molecular complexity index is 901. The van der Waals surface area contributed by atoms with Crippen LogP contribution in [0.1, 0.15) is 31.9 Å². The van der Waals surface area contributed by atoms with Gasteiger partial charge in [-0.1, -0.05) is 44.5 Å². The van der Waals surface area contributed by atoms with Crippen LogP contribution in [0.3, 0.4) is 0 Å². The molecule has 7 heteroatoms. The Hall–Kier alpha value is -1.89. The van der Waals surface area contributed by atoms with E-state index in [0.717, 1.165) is 11.1 Å². The molecule has 2 N–H and O–H groups in total. The number of anilines is 1. The first-order valence-electron chi connectivity index (χ1n) is 8.15.